The molecule has 2 atom stereocenters. The van der Waals surface area contributed by atoms with E-state index in [1.54, 1.807) is 0 Å². The molecule has 0 aromatic heterocycles. The van der Waals surface area contributed by atoms with E-state index in [0.717, 1.165) is 11.1 Å². The van der Waals surface area contributed by atoms with Gasteiger partial charge in [-0.15, -0.1) is 0 Å². The largest absolute Gasteiger partial charge is 0.350 e. The van der Waals surface area contributed by atoms with Crippen LogP contribution in [0.3, 0.4) is 0 Å². The van der Waals surface area contributed by atoms with Crippen molar-refractivity contribution in [2.24, 2.45) is 0 Å². The van der Waals surface area contributed by atoms with Gasteiger partial charge in [-0.3, -0.25) is 9.59 Å². The SMILES string of the molecule is CC(NC(=O)CCCC#CC#CCCCC(=O)NC(C)c1ccc2ccccc2c1)c1ccc2ccccc2c1. The van der Waals surface area contributed by atoms with Gasteiger partial charge in [0.2, 0.25) is 11.8 Å². The lowest BCUT2D eigenvalue weighted by atomic mass is 10.0. The fraction of sp³-hybridized carbons (Fsp3) is 0.278. The molecule has 0 aliphatic rings. The highest BCUT2D eigenvalue weighted by Crippen LogP contribution is 2.21. The van der Waals surface area contributed by atoms with Gasteiger partial charge in [0, 0.05) is 25.7 Å². The molecule has 4 aromatic rings. The van der Waals surface area contributed by atoms with Gasteiger partial charge in [-0.25, -0.2) is 0 Å². The third kappa shape index (κ3) is 8.48. The molecule has 0 saturated carbocycles. The first-order chi connectivity index (χ1) is 19.5. The van der Waals surface area contributed by atoms with Crippen molar-refractivity contribution in [3.63, 3.8) is 0 Å². The molecule has 4 rings (SSSR count). The van der Waals surface area contributed by atoms with Crippen LogP contribution in [0.1, 0.15) is 75.6 Å². The van der Waals surface area contributed by atoms with Crippen LogP contribution in [0.2, 0.25) is 0 Å². The molecule has 0 radical (unpaired) electrons. The number of amides is 2. The summed E-state index contributed by atoms with van der Waals surface area (Å²) < 4.78 is 0. The highest BCUT2D eigenvalue weighted by molar-refractivity contribution is 5.84. The van der Waals surface area contributed by atoms with Crippen molar-refractivity contribution in [3.8, 4) is 23.7 Å². The minimum Gasteiger partial charge on any atom is -0.350 e. The van der Waals surface area contributed by atoms with Crippen LogP contribution >= 0.6 is 0 Å². The van der Waals surface area contributed by atoms with Crippen molar-refractivity contribution in [3.05, 3.63) is 96.1 Å². The van der Waals surface area contributed by atoms with E-state index >= 15 is 0 Å². The Hall–Kier alpha value is -4.54. The van der Waals surface area contributed by atoms with Gasteiger partial charge in [-0.2, -0.15) is 0 Å². The molecule has 2 unspecified atom stereocenters. The number of carbonyl (C=O) groups excluding carboxylic acids is 2. The molecule has 0 heterocycles. The van der Waals surface area contributed by atoms with Gasteiger partial charge in [-0.1, -0.05) is 84.6 Å². The summed E-state index contributed by atoms with van der Waals surface area (Å²) in [5, 5.41) is 10.9. The third-order valence-electron chi connectivity index (χ3n) is 6.95. The van der Waals surface area contributed by atoms with Crippen LogP contribution in [0.4, 0.5) is 0 Å². The molecule has 0 saturated heterocycles. The lowest BCUT2D eigenvalue weighted by molar-refractivity contribution is -0.122. The monoisotopic (exact) mass is 528 g/mol. The van der Waals surface area contributed by atoms with Crippen molar-refractivity contribution in [2.75, 3.05) is 0 Å². The van der Waals surface area contributed by atoms with Crippen LogP contribution in [0.25, 0.3) is 21.5 Å². The average Bonchev–Trinajstić information content (AvgIpc) is 2.97. The Morgan fingerprint density at radius 1 is 0.600 bits per heavy atom. The zero-order chi connectivity index (χ0) is 28.2. The Morgan fingerprint density at radius 2 is 1.00 bits per heavy atom. The molecule has 4 nitrogen and oxygen atoms in total. The minimum atomic E-state index is -0.0435. The number of rotatable bonds is 10. The van der Waals surface area contributed by atoms with Gasteiger partial charge >= 0.3 is 0 Å². The van der Waals surface area contributed by atoms with E-state index < -0.39 is 0 Å². The summed E-state index contributed by atoms with van der Waals surface area (Å²) in [5.41, 5.74) is 2.19. The Kier molecular flexibility index (Phi) is 10.4. The maximum absolute atomic E-state index is 12.3. The van der Waals surface area contributed by atoms with Gasteiger partial charge in [-0.05, 0) is 83.3 Å². The Bertz CT molecular complexity index is 1480. The van der Waals surface area contributed by atoms with Gasteiger partial charge in [0.15, 0.2) is 0 Å². The Labute approximate surface area is 237 Å². The molecule has 202 valence electrons. The van der Waals surface area contributed by atoms with Crippen molar-refractivity contribution < 1.29 is 9.59 Å². The van der Waals surface area contributed by atoms with E-state index in [-0.39, 0.29) is 23.9 Å². The van der Waals surface area contributed by atoms with E-state index in [2.05, 4.69) is 95.0 Å². The fourth-order valence-corrected chi connectivity index (χ4v) is 4.64. The summed E-state index contributed by atoms with van der Waals surface area (Å²) in [6.07, 6.45) is 3.52. The summed E-state index contributed by atoms with van der Waals surface area (Å²) in [6, 6.07) is 28.9. The fourth-order valence-electron chi connectivity index (χ4n) is 4.64. The number of benzene rings is 4. The molecule has 0 spiro atoms. The van der Waals surface area contributed by atoms with E-state index in [1.807, 2.05) is 38.1 Å². The summed E-state index contributed by atoms with van der Waals surface area (Å²) in [6.45, 7) is 4.01. The number of hydrogen-bond donors (Lipinski definition) is 2. The second-order valence-corrected chi connectivity index (χ2v) is 10.1. The minimum absolute atomic E-state index is 0.0294. The zero-order valence-corrected chi connectivity index (χ0v) is 23.3. The lowest BCUT2D eigenvalue weighted by Crippen LogP contribution is -2.26. The number of carbonyl (C=O) groups is 2. The van der Waals surface area contributed by atoms with Crippen molar-refractivity contribution in [1.82, 2.24) is 10.6 Å². The van der Waals surface area contributed by atoms with Gasteiger partial charge in [0.1, 0.15) is 0 Å². The first-order valence-electron chi connectivity index (χ1n) is 14.0. The van der Waals surface area contributed by atoms with Gasteiger partial charge in [0.25, 0.3) is 0 Å². The second kappa shape index (κ2) is 14.6. The lowest BCUT2D eigenvalue weighted by Gasteiger charge is -2.15. The van der Waals surface area contributed by atoms with E-state index in [9.17, 15) is 9.59 Å². The van der Waals surface area contributed by atoms with Crippen molar-refractivity contribution in [1.29, 1.82) is 0 Å². The van der Waals surface area contributed by atoms with Crippen LogP contribution < -0.4 is 10.6 Å². The molecule has 0 fully saturated rings. The number of hydrogen-bond acceptors (Lipinski definition) is 2. The van der Waals surface area contributed by atoms with Crippen LogP contribution in [0.15, 0.2) is 84.9 Å². The van der Waals surface area contributed by atoms with Crippen LogP contribution in [-0.2, 0) is 9.59 Å². The van der Waals surface area contributed by atoms with Crippen LogP contribution in [-0.4, -0.2) is 11.8 Å². The summed E-state index contributed by atoms with van der Waals surface area (Å²) in [5.74, 6) is 11.8. The summed E-state index contributed by atoms with van der Waals surface area (Å²) >= 11 is 0. The smallest absolute Gasteiger partial charge is 0.220 e. The third-order valence-corrected chi connectivity index (χ3v) is 6.95. The number of fused-ring (bicyclic) bond motifs is 2. The van der Waals surface area contributed by atoms with Gasteiger partial charge < -0.3 is 10.6 Å². The maximum Gasteiger partial charge on any atom is 0.220 e. The molecule has 0 aliphatic heterocycles. The maximum atomic E-state index is 12.3. The Morgan fingerprint density at radius 3 is 1.43 bits per heavy atom. The molecule has 2 amide bonds. The summed E-state index contributed by atoms with van der Waals surface area (Å²) in [4.78, 5) is 24.7. The molecular weight excluding hydrogens is 492 g/mol. The molecule has 0 aliphatic carbocycles. The van der Waals surface area contributed by atoms with Crippen LogP contribution in [0.5, 0.6) is 0 Å². The zero-order valence-electron chi connectivity index (χ0n) is 23.3. The highest BCUT2D eigenvalue weighted by Gasteiger charge is 2.11. The first-order valence-corrected chi connectivity index (χ1v) is 14.0. The molecular formula is C36H36N2O2. The van der Waals surface area contributed by atoms with E-state index in [1.165, 1.54) is 21.5 Å². The predicted octanol–water partition coefficient (Wildman–Crippen LogP) is 7.40. The molecule has 0 bridgehead atoms. The molecule has 2 N–H and O–H groups in total. The topological polar surface area (TPSA) is 58.2 Å². The second-order valence-electron chi connectivity index (χ2n) is 10.1. The number of unbranched alkanes of at least 4 members (excludes halogenated alkanes) is 2. The van der Waals surface area contributed by atoms with E-state index in [0.29, 0.717) is 38.5 Å². The van der Waals surface area contributed by atoms with Gasteiger partial charge in [0.05, 0.1) is 12.1 Å². The normalized spacial score (nSPS) is 11.9. The van der Waals surface area contributed by atoms with Crippen molar-refractivity contribution >= 4 is 33.4 Å². The molecule has 40 heavy (non-hydrogen) atoms. The first kappa shape index (κ1) is 28.5. The summed E-state index contributed by atoms with van der Waals surface area (Å²) in [7, 11) is 0. The predicted molar refractivity (Wildman–Crippen MR) is 164 cm³/mol. The quantitative estimate of drug-likeness (QED) is 0.166. The number of nitrogens with one attached hydrogen (secondary N) is 2. The van der Waals surface area contributed by atoms with Crippen LogP contribution in [0, 0.1) is 23.7 Å². The van der Waals surface area contributed by atoms with Crippen molar-refractivity contribution in [2.45, 2.75) is 64.5 Å². The standard InChI is InChI=1S/C36H36N2O2/c1-27(31-23-21-29-15-11-13-17-33(29)25-31)37-35(39)19-9-7-5-3-4-6-8-10-20-36(40)38-28(2)32-24-22-30-16-12-14-18-34(30)26-32/h11-18,21-28H,7-10,19-20H2,1-2H3,(H,37,39)(H,38,40). The molecule has 4 heteroatoms. The van der Waals surface area contributed by atoms with E-state index in [4.69, 9.17) is 0 Å². The Balaban J connectivity index is 1.08. The highest BCUT2D eigenvalue weighted by atomic mass is 16.2. The molecule has 4 aromatic carbocycles. The average molecular weight is 529 g/mol.